The van der Waals surface area contributed by atoms with Gasteiger partial charge in [-0.1, -0.05) is 24.3 Å². The van der Waals surface area contributed by atoms with E-state index in [9.17, 15) is 9.90 Å². The first-order chi connectivity index (χ1) is 12.2. The van der Waals surface area contributed by atoms with Gasteiger partial charge in [0.05, 0.1) is 6.04 Å². The van der Waals surface area contributed by atoms with Crippen LogP contribution in [0.25, 0.3) is 10.9 Å². The Balaban J connectivity index is 0.00000168. The first-order valence-electron chi connectivity index (χ1n) is 8.18. The second kappa shape index (κ2) is 6.23. The molecule has 0 saturated carbocycles. The third kappa shape index (κ3) is 2.50. The van der Waals surface area contributed by atoms with Gasteiger partial charge in [-0.3, -0.25) is 10.1 Å². The first-order valence-corrected chi connectivity index (χ1v) is 8.18. The molecule has 0 amide bonds. The highest BCUT2D eigenvalue weighted by atomic mass is 35.5. The van der Waals surface area contributed by atoms with Crippen LogP contribution >= 0.6 is 12.4 Å². The predicted octanol–water partition coefficient (Wildman–Crippen LogP) is 3.01. The van der Waals surface area contributed by atoms with Crippen LogP contribution in [-0.2, 0) is 11.2 Å². The molecule has 2 aliphatic heterocycles. The number of para-hydroxylation sites is 1. The molecule has 3 N–H and O–H groups in total. The summed E-state index contributed by atoms with van der Waals surface area (Å²) in [5.41, 5.74) is 4.04. The monoisotopic (exact) mass is 372 g/mol. The number of aromatic amines is 1. The molecule has 2 aromatic carbocycles. The van der Waals surface area contributed by atoms with Gasteiger partial charge in [0, 0.05) is 23.0 Å². The first kappa shape index (κ1) is 16.8. The van der Waals surface area contributed by atoms with E-state index in [1.807, 2.05) is 42.5 Å². The standard InChI is InChI=1S/C19H16N2O4.ClH/c22-19(23)14-8-12-11-3-1-2-4-13(11)20-18(12)17(21-14)10-5-6-15-16(7-10)25-9-24-15;/h1-7,14,17,20-21H,8-9H2,(H,22,23);1H. The van der Waals surface area contributed by atoms with Crippen molar-refractivity contribution in [3.63, 3.8) is 0 Å². The number of benzene rings is 2. The molecule has 0 saturated heterocycles. The van der Waals surface area contributed by atoms with E-state index in [1.54, 1.807) is 0 Å². The fourth-order valence-electron chi connectivity index (χ4n) is 3.75. The molecule has 3 aromatic rings. The number of rotatable bonds is 2. The molecule has 3 heterocycles. The summed E-state index contributed by atoms with van der Waals surface area (Å²) < 4.78 is 10.8. The van der Waals surface area contributed by atoms with E-state index < -0.39 is 12.0 Å². The predicted molar refractivity (Wildman–Crippen MR) is 98.2 cm³/mol. The van der Waals surface area contributed by atoms with E-state index in [1.165, 1.54) is 0 Å². The summed E-state index contributed by atoms with van der Waals surface area (Å²) in [6, 6.07) is 12.8. The van der Waals surface area contributed by atoms with Crippen LogP contribution in [0.3, 0.4) is 0 Å². The summed E-state index contributed by atoms with van der Waals surface area (Å²) in [5.74, 6) is 0.558. The SMILES string of the molecule is Cl.O=C(O)C1Cc2c([nH]c3ccccc23)C(c2ccc3c(c2)OCO3)N1. The van der Waals surface area contributed by atoms with Crippen molar-refractivity contribution in [2.24, 2.45) is 0 Å². The number of nitrogens with one attached hydrogen (secondary N) is 2. The molecule has 0 spiro atoms. The lowest BCUT2D eigenvalue weighted by molar-refractivity contribution is -0.139. The highest BCUT2D eigenvalue weighted by Gasteiger charge is 2.34. The highest BCUT2D eigenvalue weighted by Crippen LogP contribution is 2.39. The molecule has 2 aliphatic rings. The smallest absolute Gasteiger partial charge is 0.321 e. The van der Waals surface area contributed by atoms with Gasteiger partial charge < -0.3 is 19.6 Å². The maximum Gasteiger partial charge on any atom is 0.321 e. The van der Waals surface area contributed by atoms with E-state index >= 15 is 0 Å². The number of carbonyl (C=O) groups is 1. The summed E-state index contributed by atoms with van der Waals surface area (Å²) in [4.78, 5) is 15.1. The zero-order chi connectivity index (χ0) is 17.0. The van der Waals surface area contributed by atoms with E-state index in [-0.39, 0.29) is 25.2 Å². The number of ether oxygens (including phenoxy) is 2. The van der Waals surface area contributed by atoms with Gasteiger partial charge in [-0.05, 0) is 29.3 Å². The molecule has 0 aliphatic carbocycles. The molecule has 2 atom stereocenters. The van der Waals surface area contributed by atoms with Crippen LogP contribution in [0.15, 0.2) is 42.5 Å². The number of fused-ring (bicyclic) bond motifs is 4. The minimum Gasteiger partial charge on any atom is -0.480 e. The molecule has 0 radical (unpaired) electrons. The average molecular weight is 373 g/mol. The molecule has 0 fully saturated rings. The van der Waals surface area contributed by atoms with Gasteiger partial charge in [0.1, 0.15) is 6.04 Å². The van der Waals surface area contributed by atoms with Gasteiger partial charge in [-0.15, -0.1) is 12.4 Å². The summed E-state index contributed by atoms with van der Waals surface area (Å²) in [6.07, 6.45) is 0.454. The number of H-pyrrole nitrogens is 1. The fraction of sp³-hybridized carbons (Fsp3) is 0.211. The highest BCUT2D eigenvalue weighted by molar-refractivity contribution is 5.87. The molecule has 5 rings (SSSR count). The number of hydrogen-bond acceptors (Lipinski definition) is 4. The van der Waals surface area contributed by atoms with Crippen molar-refractivity contribution in [2.45, 2.75) is 18.5 Å². The lowest BCUT2D eigenvalue weighted by atomic mass is 9.90. The quantitative estimate of drug-likeness (QED) is 0.644. The zero-order valence-corrected chi connectivity index (χ0v) is 14.5. The Kier molecular flexibility index (Phi) is 4.01. The van der Waals surface area contributed by atoms with E-state index in [4.69, 9.17) is 9.47 Å². The maximum absolute atomic E-state index is 11.7. The number of hydrogen-bond donors (Lipinski definition) is 3. The Morgan fingerprint density at radius 1 is 1.12 bits per heavy atom. The van der Waals surface area contributed by atoms with E-state index in [0.717, 1.165) is 27.7 Å². The molecule has 6 nitrogen and oxygen atoms in total. The molecule has 134 valence electrons. The van der Waals surface area contributed by atoms with Crippen LogP contribution in [0.2, 0.25) is 0 Å². The van der Waals surface area contributed by atoms with Crippen LogP contribution < -0.4 is 14.8 Å². The Labute approximate surface area is 155 Å². The third-order valence-corrected chi connectivity index (χ3v) is 4.94. The van der Waals surface area contributed by atoms with E-state index in [0.29, 0.717) is 17.9 Å². The van der Waals surface area contributed by atoms with Crippen molar-refractivity contribution in [1.29, 1.82) is 0 Å². The minimum atomic E-state index is -0.846. The second-order valence-electron chi connectivity index (χ2n) is 6.37. The van der Waals surface area contributed by atoms with Gasteiger partial charge in [0.25, 0.3) is 0 Å². The molecule has 2 unspecified atom stereocenters. The molecule has 7 heteroatoms. The Morgan fingerprint density at radius 2 is 1.92 bits per heavy atom. The summed E-state index contributed by atoms with van der Waals surface area (Å²) >= 11 is 0. The number of aromatic nitrogens is 1. The van der Waals surface area contributed by atoms with Crippen LogP contribution in [0, 0.1) is 0 Å². The normalized spacial score (nSPS) is 20.5. The molecule has 1 aromatic heterocycles. The average Bonchev–Trinajstić information content (AvgIpc) is 3.24. The number of halogens is 1. The molecular formula is C19H17ClN2O4. The van der Waals surface area contributed by atoms with Crippen molar-refractivity contribution < 1.29 is 19.4 Å². The Bertz CT molecular complexity index is 1000. The van der Waals surface area contributed by atoms with Crippen LogP contribution in [0.4, 0.5) is 0 Å². The van der Waals surface area contributed by atoms with Gasteiger partial charge >= 0.3 is 5.97 Å². The molecule has 26 heavy (non-hydrogen) atoms. The maximum atomic E-state index is 11.7. The number of aliphatic carboxylic acids is 1. The Hall–Kier alpha value is -2.70. The molecule has 0 bridgehead atoms. The zero-order valence-electron chi connectivity index (χ0n) is 13.7. The minimum absolute atomic E-state index is 0. The van der Waals surface area contributed by atoms with Crippen LogP contribution in [0.5, 0.6) is 11.5 Å². The molecular weight excluding hydrogens is 356 g/mol. The van der Waals surface area contributed by atoms with Crippen molar-refractivity contribution in [2.75, 3.05) is 6.79 Å². The van der Waals surface area contributed by atoms with Crippen molar-refractivity contribution in [1.82, 2.24) is 10.3 Å². The summed E-state index contributed by atoms with van der Waals surface area (Å²) in [7, 11) is 0. The van der Waals surface area contributed by atoms with E-state index in [2.05, 4.69) is 10.3 Å². The Morgan fingerprint density at radius 3 is 2.77 bits per heavy atom. The summed E-state index contributed by atoms with van der Waals surface area (Å²) in [5, 5.41) is 13.9. The number of carboxylic acids is 1. The summed E-state index contributed by atoms with van der Waals surface area (Å²) in [6.45, 7) is 0.215. The fourth-order valence-corrected chi connectivity index (χ4v) is 3.75. The third-order valence-electron chi connectivity index (χ3n) is 4.94. The van der Waals surface area contributed by atoms with Crippen molar-refractivity contribution in [3.05, 3.63) is 59.3 Å². The van der Waals surface area contributed by atoms with Crippen LogP contribution in [-0.4, -0.2) is 28.9 Å². The van der Waals surface area contributed by atoms with Crippen molar-refractivity contribution >= 4 is 29.3 Å². The largest absolute Gasteiger partial charge is 0.480 e. The lowest BCUT2D eigenvalue weighted by Crippen LogP contribution is -2.44. The van der Waals surface area contributed by atoms with Gasteiger partial charge in [-0.2, -0.15) is 0 Å². The van der Waals surface area contributed by atoms with Gasteiger partial charge in [0.15, 0.2) is 11.5 Å². The van der Waals surface area contributed by atoms with Crippen LogP contribution in [0.1, 0.15) is 22.9 Å². The topological polar surface area (TPSA) is 83.6 Å². The lowest BCUT2D eigenvalue weighted by Gasteiger charge is -2.29. The number of carboxylic acid groups (broad SMARTS) is 1. The second-order valence-corrected chi connectivity index (χ2v) is 6.37. The van der Waals surface area contributed by atoms with Gasteiger partial charge in [0.2, 0.25) is 6.79 Å². The van der Waals surface area contributed by atoms with Crippen molar-refractivity contribution in [3.8, 4) is 11.5 Å². The van der Waals surface area contributed by atoms with Gasteiger partial charge in [-0.25, -0.2) is 0 Å².